The molecule has 0 aliphatic carbocycles. The minimum Gasteiger partial charge on any atom is -0.492 e. The van der Waals surface area contributed by atoms with Gasteiger partial charge in [-0.3, -0.25) is 4.79 Å². The van der Waals surface area contributed by atoms with E-state index in [2.05, 4.69) is 0 Å². The number of hydrogen-bond acceptors (Lipinski definition) is 3. The fourth-order valence-electron chi connectivity index (χ4n) is 1.25. The van der Waals surface area contributed by atoms with Gasteiger partial charge in [0, 0.05) is 13.1 Å². The summed E-state index contributed by atoms with van der Waals surface area (Å²) >= 11 is 0. The van der Waals surface area contributed by atoms with Crippen molar-refractivity contribution in [3.05, 3.63) is 30.1 Å². The van der Waals surface area contributed by atoms with Gasteiger partial charge in [-0.1, -0.05) is 0 Å². The Labute approximate surface area is 99.6 Å². The van der Waals surface area contributed by atoms with Crippen LogP contribution in [0.5, 0.6) is 5.75 Å². The Kier molecular flexibility index (Phi) is 5.42. The summed E-state index contributed by atoms with van der Waals surface area (Å²) in [6.45, 7) is 1.56. The van der Waals surface area contributed by atoms with Crippen molar-refractivity contribution in [3.8, 4) is 5.75 Å². The summed E-state index contributed by atoms with van der Waals surface area (Å²) in [6, 6.07) is 5.80. The van der Waals surface area contributed by atoms with E-state index in [-0.39, 0.29) is 12.2 Å². The quantitative estimate of drug-likeness (QED) is 0.788. The first-order chi connectivity index (χ1) is 8.08. The molecule has 0 fully saturated rings. The first-order valence-electron chi connectivity index (χ1n) is 5.36. The molecule has 0 saturated carbocycles. The third-order valence-electron chi connectivity index (χ3n) is 2.26. The predicted molar refractivity (Wildman–Crippen MR) is 61.6 cm³/mol. The minimum absolute atomic E-state index is 0.118. The fraction of sp³-hybridized carbons (Fsp3) is 0.417. The van der Waals surface area contributed by atoms with Crippen LogP contribution < -0.4 is 4.74 Å². The summed E-state index contributed by atoms with van der Waals surface area (Å²) in [4.78, 5) is 12.2. The SMILES string of the molecule is CN(CCOc1ccc(F)cc1)CCC(=O)O. The predicted octanol–water partition coefficient (Wildman–Crippen LogP) is 1.61. The van der Waals surface area contributed by atoms with Crippen molar-refractivity contribution in [1.29, 1.82) is 0 Å². The summed E-state index contributed by atoms with van der Waals surface area (Å²) in [6.07, 6.45) is 0.118. The Hall–Kier alpha value is -1.62. The number of carboxylic acid groups (broad SMARTS) is 1. The van der Waals surface area contributed by atoms with Crippen LogP contribution in [0.3, 0.4) is 0 Å². The Balaban J connectivity index is 2.18. The standard InChI is InChI=1S/C12H16FNO3/c1-14(7-6-12(15)16)8-9-17-11-4-2-10(13)3-5-11/h2-5H,6-9H2,1H3,(H,15,16). The first kappa shape index (κ1) is 13.4. The highest BCUT2D eigenvalue weighted by molar-refractivity contribution is 5.66. The molecule has 0 atom stereocenters. The molecular weight excluding hydrogens is 225 g/mol. The Morgan fingerprint density at radius 3 is 2.59 bits per heavy atom. The molecule has 0 radical (unpaired) electrons. The topological polar surface area (TPSA) is 49.8 Å². The lowest BCUT2D eigenvalue weighted by Crippen LogP contribution is -2.26. The van der Waals surface area contributed by atoms with Crippen LogP contribution in [0.25, 0.3) is 0 Å². The third kappa shape index (κ3) is 5.87. The molecule has 0 amide bonds. The smallest absolute Gasteiger partial charge is 0.304 e. The molecule has 0 saturated heterocycles. The second-order valence-corrected chi connectivity index (χ2v) is 3.75. The fourth-order valence-corrected chi connectivity index (χ4v) is 1.25. The number of nitrogens with zero attached hydrogens (tertiary/aromatic N) is 1. The van der Waals surface area contributed by atoms with Gasteiger partial charge >= 0.3 is 5.97 Å². The van der Waals surface area contributed by atoms with Gasteiger partial charge in [-0.25, -0.2) is 4.39 Å². The lowest BCUT2D eigenvalue weighted by atomic mass is 10.3. The number of carboxylic acids is 1. The van der Waals surface area contributed by atoms with Crippen molar-refractivity contribution in [2.45, 2.75) is 6.42 Å². The molecule has 4 nitrogen and oxygen atoms in total. The van der Waals surface area contributed by atoms with E-state index in [9.17, 15) is 9.18 Å². The lowest BCUT2D eigenvalue weighted by molar-refractivity contribution is -0.137. The van der Waals surface area contributed by atoms with Crippen LogP contribution in [0.4, 0.5) is 4.39 Å². The van der Waals surface area contributed by atoms with Gasteiger partial charge in [-0.05, 0) is 31.3 Å². The van der Waals surface area contributed by atoms with Crippen LogP contribution in [0, 0.1) is 5.82 Å². The van der Waals surface area contributed by atoms with E-state index in [0.29, 0.717) is 25.4 Å². The monoisotopic (exact) mass is 241 g/mol. The van der Waals surface area contributed by atoms with Crippen LogP contribution in [0.2, 0.25) is 0 Å². The third-order valence-corrected chi connectivity index (χ3v) is 2.26. The molecule has 94 valence electrons. The van der Waals surface area contributed by atoms with E-state index in [1.807, 2.05) is 11.9 Å². The molecule has 1 aromatic rings. The maximum absolute atomic E-state index is 12.6. The normalized spacial score (nSPS) is 10.5. The number of carbonyl (C=O) groups is 1. The van der Waals surface area contributed by atoms with Crippen molar-refractivity contribution in [2.24, 2.45) is 0 Å². The van der Waals surface area contributed by atoms with Gasteiger partial charge in [0.15, 0.2) is 0 Å². The zero-order valence-corrected chi connectivity index (χ0v) is 9.73. The molecule has 1 aromatic carbocycles. The number of hydrogen-bond donors (Lipinski definition) is 1. The van der Waals surface area contributed by atoms with E-state index < -0.39 is 5.97 Å². The molecule has 0 aliphatic rings. The van der Waals surface area contributed by atoms with Gasteiger partial charge < -0.3 is 14.7 Å². The molecule has 0 heterocycles. The highest BCUT2D eigenvalue weighted by atomic mass is 19.1. The maximum Gasteiger partial charge on any atom is 0.304 e. The van der Waals surface area contributed by atoms with Crippen molar-refractivity contribution in [3.63, 3.8) is 0 Å². The van der Waals surface area contributed by atoms with Crippen LogP contribution in [0.1, 0.15) is 6.42 Å². The molecule has 0 bridgehead atoms. The van der Waals surface area contributed by atoms with Gasteiger partial charge in [0.1, 0.15) is 18.2 Å². The largest absolute Gasteiger partial charge is 0.492 e. The highest BCUT2D eigenvalue weighted by Crippen LogP contribution is 2.10. The number of benzene rings is 1. The summed E-state index contributed by atoms with van der Waals surface area (Å²) in [5, 5.41) is 8.50. The van der Waals surface area contributed by atoms with E-state index in [0.717, 1.165) is 0 Å². The Bertz CT molecular complexity index is 353. The average Bonchev–Trinajstić information content (AvgIpc) is 2.29. The molecule has 17 heavy (non-hydrogen) atoms. The Morgan fingerprint density at radius 1 is 1.35 bits per heavy atom. The molecular formula is C12H16FNO3. The second-order valence-electron chi connectivity index (χ2n) is 3.75. The van der Waals surface area contributed by atoms with Crippen LogP contribution in [-0.2, 0) is 4.79 Å². The molecule has 0 aliphatic heterocycles. The summed E-state index contributed by atoms with van der Waals surface area (Å²) in [5.74, 6) is -0.495. The number of aliphatic carboxylic acids is 1. The Morgan fingerprint density at radius 2 is 2.00 bits per heavy atom. The summed E-state index contributed by atoms with van der Waals surface area (Å²) in [5.41, 5.74) is 0. The molecule has 0 aromatic heterocycles. The summed E-state index contributed by atoms with van der Waals surface area (Å²) < 4.78 is 18.0. The van der Waals surface area contributed by atoms with Gasteiger partial charge in [0.05, 0.1) is 6.42 Å². The zero-order chi connectivity index (χ0) is 12.7. The van der Waals surface area contributed by atoms with Gasteiger partial charge in [0.2, 0.25) is 0 Å². The molecule has 0 spiro atoms. The van der Waals surface area contributed by atoms with Crippen LogP contribution in [0.15, 0.2) is 24.3 Å². The highest BCUT2D eigenvalue weighted by Gasteiger charge is 2.02. The second kappa shape index (κ2) is 6.85. The van der Waals surface area contributed by atoms with Gasteiger partial charge in [-0.2, -0.15) is 0 Å². The van der Waals surface area contributed by atoms with Crippen LogP contribution in [-0.4, -0.2) is 42.7 Å². The molecule has 1 N–H and O–H groups in total. The first-order valence-corrected chi connectivity index (χ1v) is 5.36. The molecule has 5 heteroatoms. The van der Waals surface area contributed by atoms with Crippen molar-refractivity contribution in [1.82, 2.24) is 4.90 Å². The van der Waals surface area contributed by atoms with Crippen molar-refractivity contribution < 1.29 is 19.0 Å². The number of halogens is 1. The van der Waals surface area contributed by atoms with E-state index in [1.165, 1.54) is 12.1 Å². The van der Waals surface area contributed by atoms with E-state index in [4.69, 9.17) is 9.84 Å². The molecule has 1 rings (SSSR count). The van der Waals surface area contributed by atoms with Gasteiger partial charge in [-0.15, -0.1) is 0 Å². The number of likely N-dealkylation sites (N-methyl/N-ethyl adjacent to an activating group) is 1. The van der Waals surface area contributed by atoms with Gasteiger partial charge in [0.25, 0.3) is 0 Å². The summed E-state index contributed by atoms with van der Waals surface area (Å²) in [7, 11) is 1.83. The zero-order valence-electron chi connectivity index (χ0n) is 9.73. The maximum atomic E-state index is 12.6. The van der Waals surface area contributed by atoms with E-state index in [1.54, 1.807) is 12.1 Å². The van der Waals surface area contributed by atoms with Crippen LogP contribution >= 0.6 is 0 Å². The van der Waals surface area contributed by atoms with E-state index >= 15 is 0 Å². The van der Waals surface area contributed by atoms with Crippen molar-refractivity contribution >= 4 is 5.97 Å². The number of ether oxygens (including phenoxy) is 1. The van der Waals surface area contributed by atoms with Crippen molar-refractivity contribution in [2.75, 3.05) is 26.7 Å². The molecule has 0 unspecified atom stereocenters. The lowest BCUT2D eigenvalue weighted by Gasteiger charge is -2.15. The minimum atomic E-state index is -0.809. The average molecular weight is 241 g/mol. The number of rotatable bonds is 7.